The van der Waals surface area contributed by atoms with Crippen molar-refractivity contribution in [3.8, 4) is 0 Å². The maximum Gasteiger partial charge on any atom is 0.164 e. The van der Waals surface area contributed by atoms with Gasteiger partial charge >= 0.3 is 0 Å². The second-order valence-electron chi connectivity index (χ2n) is 4.26. The molecule has 5 nitrogen and oxygen atoms in total. The van der Waals surface area contributed by atoms with E-state index in [9.17, 15) is 4.39 Å². The Hall–Kier alpha value is -1.31. The second-order valence-corrected chi connectivity index (χ2v) is 5.18. The lowest BCUT2D eigenvalue weighted by atomic mass is 10.2. The largest absolute Gasteiger partial charge is 0.383 e. The van der Waals surface area contributed by atoms with Crippen LogP contribution in [0.3, 0.4) is 0 Å². The molecule has 0 aliphatic rings. The Morgan fingerprint density at radius 1 is 1.45 bits per heavy atom. The number of nitrogens with zero attached hydrogens (tertiary/aromatic N) is 3. The molecule has 0 aliphatic carbocycles. The van der Waals surface area contributed by atoms with Gasteiger partial charge in [0.2, 0.25) is 0 Å². The molecule has 20 heavy (non-hydrogen) atoms. The first kappa shape index (κ1) is 15.1. The molecule has 0 saturated carbocycles. The normalized spacial score (nSPS) is 10.9. The Labute approximate surface area is 125 Å². The quantitative estimate of drug-likeness (QED) is 0.781. The number of hydrogen-bond donors (Lipinski definition) is 1. The van der Waals surface area contributed by atoms with Crippen LogP contribution in [0.25, 0.3) is 0 Å². The summed E-state index contributed by atoms with van der Waals surface area (Å²) < 4.78 is 21.0. The van der Waals surface area contributed by atoms with Gasteiger partial charge in [-0.1, -0.05) is 22.0 Å². The van der Waals surface area contributed by atoms with E-state index in [1.807, 2.05) is 6.07 Å². The summed E-state index contributed by atoms with van der Waals surface area (Å²) in [5.74, 6) is 0.424. The number of aromatic nitrogens is 3. The number of nitrogens with one attached hydrogen (secondary N) is 1. The molecule has 0 saturated heterocycles. The second kappa shape index (κ2) is 7.47. The van der Waals surface area contributed by atoms with Gasteiger partial charge in [0.05, 0.1) is 19.7 Å². The topological polar surface area (TPSA) is 52.0 Å². The summed E-state index contributed by atoms with van der Waals surface area (Å²) in [6, 6.07) is 4.99. The van der Waals surface area contributed by atoms with E-state index in [4.69, 9.17) is 4.74 Å². The molecule has 0 radical (unpaired) electrons. The van der Waals surface area contributed by atoms with Crippen LogP contribution >= 0.6 is 15.9 Å². The van der Waals surface area contributed by atoms with Crippen LogP contribution in [0.5, 0.6) is 0 Å². The number of hydrogen-bond acceptors (Lipinski definition) is 4. The molecule has 2 rings (SSSR count). The number of halogens is 2. The SMILES string of the molecule is COCCNCc1ncn(Cc2ccc(Br)cc2F)n1. The minimum atomic E-state index is -0.255. The number of ether oxygens (including phenoxy) is 1. The third-order valence-electron chi connectivity index (χ3n) is 2.70. The molecule has 0 atom stereocenters. The molecule has 1 heterocycles. The summed E-state index contributed by atoms with van der Waals surface area (Å²) in [7, 11) is 1.65. The van der Waals surface area contributed by atoms with E-state index in [1.54, 1.807) is 24.2 Å². The Morgan fingerprint density at radius 2 is 2.30 bits per heavy atom. The maximum atomic E-state index is 13.7. The number of methoxy groups -OCH3 is 1. The molecular formula is C13H16BrFN4O. The predicted octanol–water partition coefficient (Wildman–Crippen LogP) is 1.96. The van der Waals surface area contributed by atoms with Gasteiger partial charge in [0.1, 0.15) is 12.1 Å². The van der Waals surface area contributed by atoms with Gasteiger partial charge in [-0.2, -0.15) is 5.10 Å². The van der Waals surface area contributed by atoms with Crippen LogP contribution in [0, 0.1) is 5.82 Å². The van der Waals surface area contributed by atoms with Gasteiger partial charge in [-0.25, -0.2) is 14.1 Å². The molecule has 1 N–H and O–H groups in total. The lowest BCUT2D eigenvalue weighted by Crippen LogP contribution is -2.19. The van der Waals surface area contributed by atoms with E-state index in [-0.39, 0.29) is 5.82 Å². The molecule has 108 valence electrons. The molecule has 0 amide bonds. The molecule has 0 bridgehead atoms. The van der Waals surface area contributed by atoms with E-state index < -0.39 is 0 Å². The van der Waals surface area contributed by atoms with E-state index in [2.05, 4.69) is 31.3 Å². The van der Waals surface area contributed by atoms with Crippen molar-refractivity contribution in [1.29, 1.82) is 0 Å². The van der Waals surface area contributed by atoms with Crippen molar-refractivity contribution in [3.05, 3.63) is 46.2 Å². The third kappa shape index (κ3) is 4.36. The lowest BCUT2D eigenvalue weighted by Gasteiger charge is -2.03. The van der Waals surface area contributed by atoms with Crippen molar-refractivity contribution in [1.82, 2.24) is 20.1 Å². The van der Waals surface area contributed by atoms with Crippen LogP contribution < -0.4 is 5.32 Å². The summed E-state index contributed by atoms with van der Waals surface area (Å²) in [5.41, 5.74) is 0.581. The highest BCUT2D eigenvalue weighted by Crippen LogP contribution is 2.15. The van der Waals surface area contributed by atoms with Gasteiger partial charge in [0, 0.05) is 23.7 Å². The van der Waals surface area contributed by atoms with Crippen LogP contribution in [0.2, 0.25) is 0 Å². The zero-order valence-electron chi connectivity index (χ0n) is 11.1. The van der Waals surface area contributed by atoms with Gasteiger partial charge < -0.3 is 10.1 Å². The summed E-state index contributed by atoms with van der Waals surface area (Å²) in [6.07, 6.45) is 1.61. The van der Waals surface area contributed by atoms with E-state index in [0.29, 0.717) is 31.1 Å². The van der Waals surface area contributed by atoms with Crippen molar-refractivity contribution in [2.75, 3.05) is 20.3 Å². The van der Waals surface area contributed by atoms with E-state index in [0.717, 1.165) is 11.0 Å². The number of rotatable bonds is 7. The van der Waals surface area contributed by atoms with Gasteiger partial charge in [-0.05, 0) is 12.1 Å². The lowest BCUT2D eigenvalue weighted by molar-refractivity contribution is 0.199. The molecule has 7 heteroatoms. The van der Waals surface area contributed by atoms with Crippen molar-refractivity contribution < 1.29 is 9.13 Å². The molecule has 0 fully saturated rings. The highest BCUT2D eigenvalue weighted by molar-refractivity contribution is 9.10. The van der Waals surface area contributed by atoms with Gasteiger partial charge in [0.15, 0.2) is 5.82 Å². The Bertz CT molecular complexity index is 561. The van der Waals surface area contributed by atoms with Crippen molar-refractivity contribution in [2.45, 2.75) is 13.1 Å². The Kier molecular flexibility index (Phi) is 5.63. The Morgan fingerprint density at radius 3 is 3.05 bits per heavy atom. The Balaban J connectivity index is 1.92. The van der Waals surface area contributed by atoms with Crippen LogP contribution in [0.4, 0.5) is 4.39 Å². The van der Waals surface area contributed by atoms with Crippen LogP contribution in [0.15, 0.2) is 29.0 Å². The third-order valence-corrected chi connectivity index (χ3v) is 3.19. The van der Waals surface area contributed by atoms with Gasteiger partial charge in [-0.3, -0.25) is 0 Å². The average molecular weight is 343 g/mol. The average Bonchev–Trinajstić information content (AvgIpc) is 2.86. The predicted molar refractivity (Wildman–Crippen MR) is 76.8 cm³/mol. The van der Waals surface area contributed by atoms with Gasteiger partial charge in [-0.15, -0.1) is 0 Å². The summed E-state index contributed by atoms with van der Waals surface area (Å²) in [4.78, 5) is 4.17. The highest BCUT2D eigenvalue weighted by atomic mass is 79.9. The zero-order valence-corrected chi connectivity index (χ0v) is 12.7. The first-order valence-electron chi connectivity index (χ1n) is 6.21. The standard InChI is InChI=1S/C13H16BrFN4O/c1-20-5-4-16-7-13-17-9-19(18-13)8-10-2-3-11(14)6-12(10)15/h2-3,6,9,16H,4-5,7-8H2,1H3. The first-order valence-corrected chi connectivity index (χ1v) is 7.00. The maximum absolute atomic E-state index is 13.7. The minimum Gasteiger partial charge on any atom is -0.383 e. The zero-order chi connectivity index (χ0) is 14.4. The van der Waals surface area contributed by atoms with Crippen LogP contribution in [-0.2, 0) is 17.8 Å². The van der Waals surface area contributed by atoms with Crippen LogP contribution in [-0.4, -0.2) is 35.0 Å². The summed E-state index contributed by atoms with van der Waals surface area (Å²) >= 11 is 3.23. The van der Waals surface area contributed by atoms with E-state index in [1.165, 1.54) is 6.07 Å². The molecule has 0 spiro atoms. The summed E-state index contributed by atoms with van der Waals surface area (Å²) in [6.45, 7) is 2.32. The fourth-order valence-corrected chi connectivity index (χ4v) is 2.02. The fraction of sp³-hybridized carbons (Fsp3) is 0.385. The minimum absolute atomic E-state index is 0.255. The smallest absolute Gasteiger partial charge is 0.164 e. The highest BCUT2D eigenvalue weighted by Gasteiger charge is 2.06. The molecule has 0 unspecified atom stereocenters. The molecule has 1 aromatic carbocycles. The molecule has 2 aromatic rings. The first-order chi connectivity index (χ1) is 9.69. The van der Waals surface area contributed by atoms with Crippen molar-refractivity contribution in [3.63, 3.8) is 0 Å². The molecular weight excluding hydrogens is 327 g/mol. The summed E-state index contributed by atoms with van der Waals surface area (Å²) in [5, 5.41) is 7.45. The monoisotopic (exact) mass is 342 g/mol. The van der Waals surface area contributed by atoms with E-state index >= 15 is 0 Å². The van der Waals surface area contributed by atoms with Crippen molar-refractivity contribution >= 4 is 15.9 Å². The molecule has 0 aliphatic heterocycles. The number of benzene rings is 1. The fourth-order valence-electron chi connectivity index (χ4n) is 1.69. The molecule has 1 aromatic heterocycles. The van der Waals surface area contributed by atoms with Gasteiger partial charge in [0.25, 0.3) is 0 Å². The van der Waals surface area contributed by atoms with Crippen molar-refractivity contribution in [2.24, 2.45) is 0 Å². The van der Waals surface area contributed by atoms with Crippen LogP contribution in [0.1, 0.15) is 11.4 Å².